The van der Waals surface area contributed by atoms with Gasteiger partial charge in [0.25, 0.3) is 11.8 Å². The maximum atomic E-state index is 14.1. The van der Waals surface area contributed by atoms with Crippen molar-refractivity contribution in [2.75, 3.05) is 5.32 Å². The molecule has 192 valence electrons. The zero-order valence-corrected chi connectivity index (χ0v) is 19.8. The Morgan fingerprint density at radius 2 is 1.89 bits per heavy atom. The third-order valence-electron chi connectivity index (χ3n) is 6.07. The standard InChI is InChI=1S/C25H13ClF5N5O2/c1-36-18(9-32)15-8-17(33-23(37)10-4-11(25(29,30)31)6-13(28)5-10)19-20(22(15)35-36)24(38)34-21(19)14-7-12(27)2-3-16(14)26/h2-8,21H,1H3,(H,33,37)(H,34,38)/t21-/m0/s1. The topological polar surface area (TPSA) is 99.8 Å². The van der Waals surface area contributed by atoms with Crippen LogP contribution in [0.15, 0.2) is 42.5 Å². The number of rotatable bonds is 3. The number of aromatic nitrogens is 2. The number of carbonyl (C=O) groups excluding carboxylic acids is 2. The molecule has 2 amide bonds. The monoisotopic (exact) mass is 545 g/mol. The predicted octanol–water partition coefficient (Wildman–Crippen LogP) is 5.48. The fraction of sp³-hybridized carbons (Fsp3) is 0.120. The SMILES string of the molecule is Cn1nc2c3c(c(NC(=O)c4cc(F)cc(C(F)(F)F)c4)cc2c1C#N)[C@H](c1cc(F)ccc1Cl)NC3=O. The molecule has 1 aliphatic rings. The summed E-state index contributed by atoms with van der Waals surface area (Å²) in [5, 5.41) is 19.2. The number of anilines is 1. The highest BCUT2D eigenvalue weighted by Crippen LogP contribution is 2.43. The van der Waals surface area contributed by atoms with Crippen LogP contribution in [-0.2, 0) is 13.2 Å². The second kappa shape index (κ2) is 8.81. The van der Waals surface area contributed by atoms with Crippen LogP contribution in [-0.4, -0.2) is 21.6 Å². The largest absolute Gasteiger partial charge is 0.416 e. The first-order chi connectivity index (χ1) is 17.9. The van der Waals surface area contributed by atoms with E-state index in [1.54, 1.807) is 0 Å². The summed E-state index contributed by atoms with van der Waals surface area (Å²) >= 11 is 6.28. The summed E-state index contributed by atoms with van der Waals surface area (Å²) in [4.78, 5) is 26.2. The Morgan fingerprint density at radius 3 is 2.58 bits per heavy atom. The Balaban J connectivity index is 1.72. The first kappa shape index (κ1) is 25.2. The molecule has 13 heteroatoms. The van der Waals surface area contributed by atoms with Crippen LogP contribution >= 0.6 is 11.6 Å². The van der Waals surface area contributed by atoms with Gasteiger partial charge < -0.3 is 10.6 Å². The lowest BCUT2D eigenvalue weighted by atomic mass is 9.94. The molecule has 0 fully saturated rings. The van der Waals surface area contributed by atoms with Crippen LogP contribution in [0.1, 0.15) is 49.1 Å². The summed E-state index contributed by atoms with van der Waals surface area (Å²) in [6.07, 6.45) is -4.91. The summed E-state index contributed by atoms with van der Waals surface area (Å²) in [5.74, 6) is -3.74. The number of carbonyl (C=O) groups is 2. The summed E-state index contributed by atoms with van der Waals surface area (Å²) in [6.45, 7) is 0. The van der Waals surface area contributed by atoms with Crippen molar-refractivity contribution < 1.29 is 31.5 Å². The molecule has 1 atom stereocenters. The summed E-state index contributed by atoms with van der Waals surface area (Å²) < 4.78 is 68.9. The van der Waals surface area contributed by atoms with Crippen LogP contribution in [0.3, 0.4) is 0 Å². The zero-order chi connectivity index (χ0) is 27.5. The highest BCUT2D eigenvalue weighted by Gasteiger charge is 2.38. The van der Waals surface area contributed by atoms with Gasteiger partial charge in [-0.3, -0.25) is 14.3 Å². The van der Waals surface area contributed by atoms with E-state index in [4.69, 9.17) is 11.6 Å². The van der Waals surface area contributed by atoms with Gasteiger partial charge in [0.1, 0.15) is 28.9 Å². The molecular weight excluding hydrogens is 533 g/mol. The molecule has 0 radical (unpaired) electrons. The van der Waals surface area contributed by atoms with Crippen LogP contribution in [0, 0.1) is 23.0 Å². The minimum Gasteiger partial charge on any atom is -0.341 e. The minimum atomic E-state index is -4.91. The summed E-state index contributed by atoms with van der Waals surface area (Å²) in [6, 6.07) is 6.98. The maximum Gasteiger partial charge on any atom is 0.416 e. The number of nitrogens with one attached hydrogen (secondary N) is 2. The van der Waals surface area contributed by atoms with Crippen LogP contribution in [0.25, 0.3) is 10.9 Å². The first-order valence-electron chi connectivity index (χ1n) is 10.8. The quantitative estimate of drug-likeness (QED) is 0.333. The van der Waals surface area contributed by atoms with E-state index in [0.717, 1.165) is 12.1 Å². The third kappa shape index (κ3) is 4.10. The fourth-order valence-electron chi connectivity index (χ4n) is 4.44. The Hall–Kier alpha value is -4.50. The van der Waals surface area contributed by atoms with Crippen molar-refractivity contribution in [2.45, 2.75) is 12.2 Å². The number of nitrogens with zero attached hydrogens (tertiary/aromatic N) is 3. The van der Waals surface area contributed by atoms with Gasteiger partial charge in [0.15, 0.2) is 0 Å². The van der Waals surface area contributed by atoms with Crippen molar-refractivity contribution in [3.63, 3.8) is 0 Å². The molecule has 1 aliphatic heterocycles. The van der Waals surface area contributed by atoms with Crippen molar-refractivity contribution >= 4 is 40.0 Å². The van der Waals surface area contributed by atoms with Crippen molar-refractivity contribution in [2.24, 2.45) is 7.05 Å². The molecule has 0 bridgehead atoms. The second-order valence-corrected chi connectivity index (χ2v) is 8.85. The molecule has 1 aromatic heterocycles. The Kier molecular flexibility index (Phi) is 5.83. The van der Waals surface area contributed by atoms with Crippen molar-refractivity contribution in [3.8, 4) is 6.07 Å². The average Bonchev–Trinajstić information content (AvgIpc) is 3.35. The van der Waals surface area contributed by atoms with E-state index in [1.165, 1.54) is 23.9 Å². The van der Waals surface area contributed by atoms with Gasteiger partial charge in [0.05, 0.1) is 17.2 Å². The van der Waals surface area contributed by atoms with Crippen LogP contribution < -0.4 is 10.6 Å². The van der Waals surface area contributed by atoms with Gasteiger partial charge in [-0.2, -0.15) is 23.5 Å². The van der Waals surface area contributed by atoms with Gasteiger partial charge >= 0.3 is 6.18 Å². The van der Waals surface area contributed by atoms with Crippen LogP contribution in [0.2, 0.25) is 5.02 Å². The number of nitriles is 1. The normalized spacial score (nSPS) is 14.8. The van der Waals surface area contributed by atoms with E-state index in [1.807, 2.05) is 6.07 Å². The highest BCUT2D eigenvalue weighted by atomic mass is 35.5. The fourth-order valence-corrected chi connectivity index (χ4v) is 4.66. The first-order valence-corrected chi connectivity index (χ1v) is 11.2. The number of hydrogen-bond donors (Lipinski definition) is 2. The predicted molar refractivity (Wildman–Crippen MR) is 126 cm³/mol. The Labute approximate surface area is 215 Å². The smallest absolute Gasteiger partial charge is 0.341 e. The lowest BCUT2D eigenvalue weighted by Gasteiger charge is -2.18. The van der Waals surface area contributed by atoms with Crippen molar-refractivity contribution in [3.05, 3.63) is 92.6 Å². The van der Waals surface area contributed by atoms with Crippen LogP contribution in [0.4, 0.5) is 27.6 Å². The molecule has 38 heavy (non-hydrogen) atoms. The molecule has 2 heterocycles. The summed E-state index contributed by atoms with van der Waals surface area (Å²) in [5.41, 5.74) is -1.79. The molecule has 4 aromatic rings. The van der Waals surface area contributed by atoms with Crippen molar-refractivity contribution in [1.29, 1.82) is 5.26 Å². The molecule has 5 rings (SSSR count). The van der Waals surface area contributed by atoms with E-state index in [-0.39, 0.29) is 50.1 Å². The second-order valence-electron chi connectivity index (χ2n) is 8.45. The average molecular weight is 546 g/mol. The van der Waals surface area contributed by atoms with Crippen molar-refractivity contribution in [1.82, 2.24) is 15.1 Å². The number of alkyl halides is 3. The molecule has 0 saturated heterocycles. The van der Waals surface area contributed by atoms with E-state index in [9.17, 15) is 36.8 Å². The molecule has 7 nitrogen and oxygen atoms in total. The Bertz CT molecular complexity index is 1720. The molecule has 3 aromatic carbocycles. The van der Waals surface area contributed by atoms with Gasteiger partial charge in [-0.15, -0.1) is 0 Å². The van der Waals surface area contributed by atoms with E-state index in [2.05, 4.69) is 15.7 Å². The molecule has 0 spiro atoms. The lowest BCUT2D eigenvalue weighted by Crippen LogP contribution is -2.21. The zero-order valence-electron chi connectivity index (χ0n) is 19.0. The number of halogens is 6. The lowest BCUT2D eigenvalue weighted by molar-refractivity contribution is -0.137. The van der Waals surface area contributed by atoms with E-state index < -0.39 is 46.8 Å². The molecule has 0 aliphatic carbocycles. The number of benzene rings is 3. The number of fused-ring (bicyclic) bond motifs is 3. The van der Waals surface area contributed by atoms with E-state index in [0.29, 0.717) is 12.1 Å². The molecule has 2 N–H and O–H groups in total. The van der Waals surface area contributed by atoms with Gasteiger partial charge in [-0.25, -0.2) is 8.78 Å². The highest BCUT2D eigenvalue weighted by molar-refractivity contribution is 6.31. The van der Waals surface area contributed by atoms with Gasteiger partial charge in [0.2, 0.25) is 0 Å². The van der Waals surface area contributed by atoms with Crippen LogP contribution in [0.5, 0.6) is 0 Å². The molecule has 0 unspecified atom stereocenters. The molecular formula is C25H13ClF5N5O2. The third-order valence-corrected chi connectivity index (χ3v) is 6.41. The molecule has 0 saturated carbocycles. The summed E-state index contributed by atoms with van der Waals surface area (Å²) in [7, 11) is 1.46. The van der Waals surface area contributed by atoms with Gasteiger partial charge in [-0.1, -0.05) is 11.6 Å². The van der Waals surface area contributed by atoms with Gasteiger partial charge in [0, 0.05) is 39.8 Å². The Morgan fingerprint density at radius 1 is 1.16 bits per heavy atom. The maximum absolute atomic E-state index is 14.1. The van der Waals surface area contributed by atoms with E-state index >= 15 is 0 Å². The van der Waals surface area contributed by atoms with Gasteiger partial charge in [-0.05, 0) is 42.5 Å². The minimum absolute atomic E-state index is 0.0310. The number of hydrogen-bond acceptors (Lipinski definition) is 4. The number of amides is 2. The number of aryl methyl sites for hydroxylation is 1.